The minimum atomic E-state index is -0.380. The van der Waals surface area contributed by atoms with E-state index in [1.54, 1.807) is 7.11 Å². The minimum absolute atomic E-state index is 0.00133. The van der Waals surface area contributed by atoms with Gasteiger partial charge in [0.15, 0.2) is 0 Å². The topological polar surface area (TPSA) is 79.0 Å². The molecule has 2 atom stereocenters. The lowest BCUT2D eigenvalue weighted by Crippen LogP contribution is -2.53. The monoisotopic (exact) mass is 359 g/mol. The first-order chi connectivity index (χ1) is 12.5. The molecule has 2 aliphatic heterocycles. The highest BCUT2D eigenvalue weighted by atomic mass is 16.5. The van der Waals surface area contributed by atoms with Crippen LogP contribution in [-0.2, 0) is 14.4 Å². The first-order valence-electron chi connectivity index (χ1n) is 8.96. The number of carbonyl (C=O) groups excluding carboxylic acids is 3. The lowest BCUT2D eigenvalue weighted by molar-refractivity contribution is -0.139. The van der Waals surface area contributed by atoms with Gasteiger partial charge in [-0.1, -0.05) is 12.1 Å². The third-order valence-corrected chi connectivity index (χ3v) is 5.12. The van der Waals surface area contributed by atoms with Gasteiger partial charge in [-0.25, -0.2) is 0 Å². The molecule has 2 aliphatic rings. The Balaban J connectivity index is 1.67. The van der Waals surface area contributed by atoms with Crippen LogP contribution in [0.3, 0.4) is 0 Å². The summed E-state index contributed by atoms with van der Waals surface area (Å²) in [5, 5.41) is 2.87. The van der Waals surface area contributed by atoms with Crippen LogP contribution in [0, 0.1) is 0 Å². The van der Waals surface area contributed by atoms with Crippen LogP contribution in [0.15, 0.2) is 24.3 Å². The van der Waals surface area contributed by atoms with Crippen molar-refractivity contribution in [2.45, 2.75) is 38.3 Å². The Bertz CT molecular complexity index is 689. The van der Waals surface area contributed by atoms with Gasteiger partial charge >= 0.3 is 0 Å². The first kappa shape index (κ1) is 18.2. The van der Waals surface area contributed by atoms with Crippen LogP contribution in [0.4, 0.5) is 0 Å². The van der Waals surface area contributed by atoms with Crippen molar-refractivity contribution in [2.24, 2.45) is 0 Å². The third-order valence-electron chi connectivity index (χ3n) is 5.12. The summed E-state index contributed by atoms with van der Waals surface area (Å²) in [5.41, 5.74) is 0.865. The van der Waals surface area contributed by atoms with E-state index in [2.05, 4.69) is 5.32 Å². The summed E-state index contributed by atoms with van der Waals surface area (Å²) >= 11 is 0. The number of fused-ring (bicyclic) bond motifs is 1. The Hall–Kier alpha value is -2.57. The van der Waals surface area contributed by atoms with Gasteiger partial charge in [0.25, 0.3) is 0 Å². The van der Waals surface area contributed by atoms with Crippen LogP contribution in [0.25, 0.3) is 0 Å². The van der Waals surface area contributed by atoms with E-state index in [1.165, 1.54) is 6.92 Å². The van der Waals surface area contributed by atoms with E-state index in [0.717, 1.165) is 17.7 Å². The smallest absolute Gasteiger partial charge is 0.225 e. The molecule has 0 bridgehead atoms. The van der Waals surface area contributed by atoms with E-state index in [-0.39, 0.29) is 36.2 Å². The van der Waals surface area contributed by atoms with E-state index in [1.807, 2.05) is 34.1 Å². The number of rotatable bonds is 5. The van der Waals surface area contributed by atoms with Crippen molar-refractivity contribution in [3.8, 4) is 5.75 Å². The zero-order valence-corrected chi connectivity index (χ0v) is 15.2. The number of hydrogen-bond donors (Lipinski definition) is 1. The van der Waals surface area contributed by atoms with Crippen molar-refractivity contribution >= 4 is 17.7 Å². The maximum atomic E-state index is 12.8. The van der Waals surface area contributed by atoms with Gasteiger partial charge in [-0.3, -0.25) is 14.4 Å². The SMILES string of the molecule is COc1ccc(C(CC(=O)N2CCN3C(=O)CCC3C2)NC(C)=O)cc1. The van der Waals surface area contributed by atoms with Crippen molar-refractivity contribution in [3.05, 3.63) is 29.8 Å². The summed E-state index contributed by atoms with van der Waals surface area (Å²) in [6, 6.07) is 7.12. The van der Waals surface area contributed by atoms with Crippen LogP contribution >= 0.6 is 0 Å². The molecule has 3 rings (SSSR count). The molecule has 2 fully saturated rings. The standard InChI is InChI=1S/C19H25N3O4/c1-13(23)20-17(14-3-6-16(26-2)7-4-14)11-19(25)21-9-10-22-15(12-21)5-8-18(22)24/h3-4,6-7,15,17H,5,8-12H2,1-2H3,(H,20,23). The van der Waals surface area contributed by atoms with E-state index in [9.17, 15) is 14.4 Å². The number of amides is 3. The highest BCUT2D eigenvalue weighted by molar-refractivity contribution is 5.81. The Labute approximate surface area is 153 Å². The molecular formula is C19H25N3O4. The number of nitrogens with one attached hydrogen (secondary N) is 1. The quantitative estimate of drug-likeness (QED) is 0.854. The zero-order chi connectivity index (χ0) is 18.7. The lowest BCUT2D eigenvalue weighted by Gasteiger charge is -2.38. The number of benzene rings is 1. The van der Waals surface area contributed by atoms with Gasteiger partial charge in [-0.15, -0.1) is 0 Å². The second-order valence-electron chi connectivity index (χ2n) is 6.85. The molecule has 1 aromatic rings. The summed E-state index contributed by atoms with van der Waals surface area (Å²) in [7, 11) is 1.59. The Morgan fingerprint density at radius 3 is 2.65 bits per heavy atom. The van der Waals surface area contributed by atoms with Crippen LogP contribution in [0.1, 0.15) is 37.8 Å². The van der Waals surface area contributed by atoms with Crippen LogP contribution < -0.4 is 10.1 Å². The molecule has 2 saturated heterocycles. The summed E-state index contributed by atoms with van der Waals surface area (Å²) in [6.07, 6.45) is 1.59. The van der Waals surface area contributed by atoms with Crippen molar-refractivity contribution in [1.82, 2.24) is 15.1 Å². The van der Waals surface area contributed by atoms with Gasteiger partial charge in [0, 0.05) is 39.0 Å². The molecule has 2 unspecified atom stereocenters. The van der Waals surface area contributed by atoms with Crippen LogP contribution in [0.5, 0.6) is 5.75 Å². The lowest BCUT2D eigenvalue weighted by atomic mass is 10.0. The van der Waals surface area contributed by atoms with Gasteiger partial charge in [-0.05, 0) is 24.1 Å². The summed E-state index contributed by atoms with van der Waals surface area (Å²) in [6.45, 7) is 3.18. The fraction of sp³-hybridized carbons (Fsp3) is 0.526. The summed E-state index contributed by atoms with van der Waals surface area (Å²) < 4.78 is 5.16. The maximum absolute atomic E-state index is 12.8. The number of piperazine rings is 1. The molecule has 0 aromatic heterocycles. The van der Waals surface area contributed by atoms with E-state index in [4.69, 9.17) is 4.74 Å². The van der Waals surface area contributed by atoms with Crippen molar-refractivity contribution < 1.29 is 19.1 Å². The molecule has 3 amide bonds. The highest BCUT2D eigenvalue weighted by Crippen LogP contribution is 2.25. The largest absolute Gasteiger partial charge is 0.497 e. The molecule has 2 heterocycles. The zero-order valence-electron chi connectivity index (χ0n) is 15.2. The molecule has 7 nitrogen and oxygen atoms in total. The van der Waals surface area contributed by atoms with Gasteiger partial charge in [0.2, 0.25) is 17.7 Å². The Morgan fingerprint density at radius 1 is 1.27 bits per heavy atom. The highest BCUT2D eigenvalue weighted by Gasteiger charge is 2.37. The average Bonchev–Trinajstić information content (AvgIpc) is 3.01. The normalized spacial score (nSPS) is 20.5. The molecule has 0 spiro atoms. The molecule has 0 aliphatic carbocycles. The van der Waals surface area contributed by atoms with Crippen molar-refractivity contribution in [1.29, 1.82) is 0 Å². The fourth-order valence-corrected chi connectivity index (χ4v) is 3.73. The molecule has 0 saturated carbocycles. The third kappa shape index (κ3) is 3.98. The van der Waals surface area contributed by atoms with E-state index < -0.39 is 0 Å². The van der Waals surface area contributed by atoms with Gasteiger partial charge in [0.05, 0.1) is 19.6 Å². The molecular weight excluding hydrogens is 334 g/mol. The first-order valence-corrected chi connectivity index (χ1v) is 8.96. The number of hydrogen-bond acceptors (Lipinski definition) is 4. The number of ether oxygens (including phenoxy) is 1. The average molecular weight is 359 g/mol. The summed E-state index contributed by atoms with van der Waals surface area (Å²) in [5.74, 6) is 0.739. The fourth-order valence-electron chi connectivity index (χ4n) is 3.73. The molecule has 1 N–H and O–H groups in total. The van der Waals surface area contributed by atoms with Crippen molar-refractivity contribution in [2.75, 3.05) is 26.7 Å². The Morgan fingerprint density at radius 2 is 2.00 bits per heavy atom. The van der Waals surface area contributed by atoms with Gasteiger partial charge in [-0.2, -0.15) is 0 Å². The summed E-state index contributed by atoms with van der Waals surface area (Å²) in [4.78, 5) is 39.9. The molecule has 140 valence electrons. The van der Waals surface area contributed by atoms with Gasteiger partial charge < -0.3 is 19.9 Å². The minimum Gasteiger partial charge on any atom is -0.497 e. The number of methoxy groups -OCH3 is 1. The predicted molar refractivity (Wildman–Crippen MR) is 95.5 cm³/mol. The van der Waals surface area contributed by atoms with Crippen LogP contribution in [0.2, 0.25) is 0 Å². The van der Waals surface area contributed by atoms with Gasteiger partial charge in [0.1, 0.15) is 5.75 Å². The number of nitrogens with zero attached hydrogens (tertiary/aromatic N) is 2. The van der Waals surface area contributed by atoms with Crippen molar-refractivity contribution in [3.63, 3.8) is 0 Å². The molecule has 1 aromatic carbocycles. The molecule has 26 heavy (non-hydrogen) atoms. The molecule has 0 radical (unpaired) electrons. The number of carbonyl (C=O) groups is 3. The predicted octanol–water partition coefficient (Wildman–Crippen LogP) is 1.10. The Kier molecular flexibility index (Phi) is 5.44. The van der Waals surface area contributed by atoms with E-state index >= 15 is 0 Å². The van der Waals surface area contributed by atoms with E-state index in [0.29, 0.717) is 26.1 Å². The second-order valence-corrected chi connectivity index (χ2v) is 6.85. The second kappa shape index (κ2) is 7.76. The maximum Gasteiger partial charge on any atom is 0.225 e. The molecule has 7 heteroatoms. The van der Waals surface area contributed by atoms with Crippen LogP contribution in [-0.4, -0.2) is 60.3 Å².